The van der Waals surface area contributed by atoms with Crippen LogP contribution in [0.3, 0.4) is 0 Å². The Hall–Kier alpha value is 0.170. The number of hydrogen-bond donors (Lipinski definition) is 0. The predicted molar refractivity (Wildman–Crippen MR) is 60.2 cm³/mol. The Bertz CT molecular complexity index is 289. The Labute approximate surface area is 95.0 Å². The Kier molecular flexibility index (Phi) is 2.79. The highest BCUT2D eigenvalue weighted by Gasteiger charge is 2.30. The summed E-state index contributed by atoms with van der Waals surface area (Å²) >= 11 is 7.28. The lowest BCUT2D eigenvalue weighted by Gasteiger charge is -2.14. The van der Waals surface area contributed by atoms with Crippen LogP contribution in [0, 0.1) is 0 Å². The third kappa shape index (κ3) is 1.71. The summed E-state index contributed by atoms with van der Waals surface area (Å²) < 4.78 is 3.13. The van der Waals surface area contributed by atoms with Crippen molar-refractivity contribution >= 4 is 31.9 Å². The molecule has 1 aromatic rings. The van der Waals surface area contributed by atoms with E-state index in [2.05, 4.69) is 37.0 Å². The lowest BCUT2D eigenvalue weighted by molar-refractivity contribution is 0.625. The molecule has 0 spiro atoms. The van der Waals surface area contributed by atoms with Gasteiger partial charge in [0, 0.05) is 17.8 Å². The quantitative estimate of drug-likeness (QED) is 0.729. The molecule has 0 aromatic carbocycles. The number of halogens is 2. The van der Waals surface area contributed by atoms with E-state index in [-0.39, 0.29) is 0 Å². The fourth-order valence-corrected chi connectivity index (χ4v) is 3.54. The molecule has 13 heavy (non-hydrogen) atoms. The number of aryl methyl sites for hydroxylation is 1. The van der Waals surface area contributed by atoms with E-state index in [9.17, 15) is 0 Å². The molecule has 2 unspecified atom stereocenters. The highest BCUT2D eigenvalue weighted by molar-refractivity contribution is 9.10. The van der Waals surface area contributed by atoms with E-state index in [4.69, 9.17) is 0 Å². The molecule has 1 aromatic heterocycles. The van der Waals surface area contributed by atoms with E-state index in [1.54, 1.807) is 0 Å². The maximum absolute atomic E-state index is 4.24. The van der Waals surface area contributed by atoms with Gasteiger partial charge in [-0.25, -0.2) is 0 Å². The van der Waals surface area contributed by atoms with Gasteiger partial charge >= 0.3 is 0 Å². The van der Waals surface area contributed by atoms with Gasteiger partial charge in [-0.1, -0.05) is 22.4 Å². The van der Waals surface area contributed by atoms with Gasteiger partial charge < -0.3 is 0 Å². The van der Waals surface area contributed by atoms with Crippen LogP contribution in [0.4, 0.5) is 0 Å². The summed E-state index contributed by atoms with van der Waals surface area (Å²) in [6.45, 7) is 0. The van der Waals surface area contributed by atoms with Gasteiger partial charge in [-0.2, -0.15) is 5.10 Å². The van der Waals surface area contributed by atoms with Crippen LogP contribution in [0.5, 0.6) is 0 Å². The molecule has 0 saturated heterocycles. The standard InChI is InChI=1S/C9H12Br2N2/c1-13-9(8(11)5-12-13)6-3-2-4-7(6)10/h5-7H,2-4H2,1H3. The molecule has 1 heterocycles. The largest absolute Gasteiger partial charge is 0.271 e. The molecule has 0 amide bonds. The molecule has 0 radical (unpaired) electrons. The van der Waals surface area contributed by atoms with Gasteiger partial charge in [-0.15, -0.1) is 0 Å². The maximum atomic E-state index is 4.24. The molecule has 2 nitrogen and oxygen atoms in total. The van der Waals surface area contributed by atoms with Gasteiger partial charge in [0.1, 0.15) is 0 Å². The first-order valence-corrected chi connectivity index (χ1v) is 6.22. The fraction of sp³-hybridized carbons (Fsp3) is 0.667. The molecule has 2 atom stereocenters. The minimum Gasteiger partial charge on any atom is -0.271 e. The topological polar surface area (TPSA) is 17.8 Å². The van der Waals surface area contributed by atoms with E-state index in [0.717, 1.165) is 4.47 Å². The third-order valence-corrected chi connectivity index (χ3v) is 4.43. The van der Waals surface area contributed by atoms with E-state index in [1.165, 1.54) is 25.0 Å². The van der Waals surface area contributed by atoms with Crippen LogP contribution < -0.4 is 0 Å². The first-order chi connectivity index (χ1) is 6.20. The Morgan fingerprint density at radius 1 is 1.54 bits per heavy atom. The maximum Gasteiger partial charge on any atom is 0.0635 e. The minimum atomic E-state index is 0.624. The van der Waals surface area contributed by atoms with Gasteiger partial charge in [-0.05, 0) is 28.8 Å². The van der Waals surface area contributed by atoms with Crippen molar-refractivity contribution in [2.75, 3.05) is 0 Å². The zero-order valence-corrected chi connectivity index (χ0v) is 10.7. The fourth-order valence-electron chi connectivity index (χ4n) is 2.06. The number of rotatable bonds is 1. The van der Waals surface area contributed by atoms with Gasteiger partial charge in [0.15, 0.2) is 0 Å². The molecule has 1 aliphatic carbocycles. The van der Waals surface area contributed by atoms with Crippen LogP contribution in [-0.4, -0.2) is 14.6 Å². The van der Waals surface area contributed by atoms with Crippen LogP contribution >= 0.6 is 31.9 Å². The van der Waals surface area contributed by atoms with Crippen molar-refractivity contribution in [2.24, 2.45) is 7.05 Å². The van der Waals surface area contributed by atoms with Gasteiger partial charge in [-0.3, -0.25) is 4.68 Å². The monoisotopic (exact) mass is 306 g/mol. The van der Waals surface area contributed by atoms with Crippen LogP contribution in [-0.2, 0) is 7.05 Å². The van der Waals surface area contributed by atoms with E-state index < -0.39 is 0 Å². The lowest BCUT2D eigenvalue weighted by atomic mass is 10.0. The van der Waals surface area contributed by atoms with Gasteiger partial charge in [0.05, 0.1) is 16.4 Å². The van der Waals surface area contributed by atoms with Crippen LogP contribution in [0.15, 0.2) is 10.7 Å². The zero-order valence-electron chi connectivity index (χ0n) is 7.50. The Morgan fingerprint density at radius 2 is 2.31 bits per heavy atom. The molecule has 4 heteroatoms. The third-order valence-electron chi connectivity index (χ3n) is 2.72. The molecule has 0 bridgehead atoms. The van der Waals surface area contributed by atoms with Crippen molar-refractivity contribution in [3.05, 3.63) is 16.4 Å². The molecular weight excluding hydrogens is 296 g/mol. The zero-order chi connectivity index (χ0) is 9.42. The smallest absolute Gasteiger partial charge is 0.0635 e. The van der Waals surface area contributed by atoms with E-state index in [0.29, 0.717) is 10.7 Å². The first-order valence-electron chi connectivity index (χ1n) is 4.51. The number of hydrogen-bond acceptors (Lipinski definition) is 1. The average Bonchev–Trinajstić information content (AvgIpc) is 2.60. The molecular formula is C9H12Br2N2. The number of alkyl halides is 1. The van der Waals surface area contributed by atoms with Crippen molar-refractivity contribution in [2.45, 2.75) is 30.0 Å². The van der Waals surface area contributed by atoms with E-state index >= 15 is 0 Å². The summed E-state index contributed by atoms with van der Waals surface area (Å²) in [4.78, 5) is 0.624. The predicted octanol–water partition coefficient (Wildman–Crippen LogP) is 3.21. The molecule has 1 saturated carbocycles. The van der Waals surface area contributed by atoms with Crippen molar-refractivity contribution < 1.29 is 0 Å². The van der Waals surface area contributed by atoms with Crippen LogP contribution in [0.2, 0.25) is 0 Å². The highest BCUT2D eigenvalue weighted by Crippen LogP contribution is 2.41. The summed E-state index contributed by atoms with van der Waals surface area (Å²) in [6.07, 6.45) is 5.75. The van der Waals surface area contributed by atoms with Gasteiger partial charge in [0.25, 0.3) is 0 Å². The molecule has 72 valence electrons. The second-order valence-corrected chi connectivity index (χ2v) is 5.59. The second-order valence-electron chi connectivity index (χ2n) is 3.55. The number of aromatic nitrogens is 2. The molecule has 0 N–H and O–H groups in total. The average molecular weight is 308 g/mol. The van der Waals surface area contributed by atoms with Crippen molar-refractivity contribution in [3.8, 4) is 0 Å². The van der Waals surface area contributed by atoms with Crippen LogP contribution in [0.1, 0.15) is 30.9 Å². The molecule has 2 rings (SSSR count). The van der Waals surface area contributed by atoms with Crippen molar-refractivity contribution in [1.82, 2.24) is 9.78 Å². The summed E-state index contributed by atoms with van der Waals surface area (Å²) in [5, 5.41) is 4.24. The van der Waals surface area contributed by atoms with Crippen LogP contribution in [0.25, 0.3) is 0 Å². The Morgan fingerprint density at radius 3 is 2.77 bits per heavy atom. The summed E-state index contributed by atoms with van der Waals surface area (Å²) in [7, 11) is 2.01. The summed E-state index contributed by atoms with van der Waals surface area (Å²) in [5.74, 6) is 0.627. The van der Waals surface area contributed by atoms with Gasteiger partial charge in [0.2, 0.25) is 0 Å². The summed E-state index contributed by atoms with van der Waals surface area (Å²) in [5.41, 5.74) is 1.33. The number of nitrogens with zero attached hydrogens (tertiary/aromatic N) is 2. The normalized spacial score (nSPS) is 28.2. The highest BCUT2D eigenvalue weighted by atomic mass is 79.9. The molecule has 1 aliphatic rings. The Balaban J connectivity index is 2.33. The summed E-state index contributed by atoms with van der Waals surface area (Å²) in [6, 6.07) is 0. The second kappa shape index (κ2) is 3.73. The minimum absolute atomic E-state index is 0.624. The lowest BCUT2D eigenvalue weighted by Crippen LogP contribution is -2.10. The van der Waals surface area contributed by atoms with E-state index in [1.807, 2.05) is 17.9 Å². The molecule has 1 fully saturated rings. The van der Waals surface area contributed by atoms with Crippen molar-refractivity contribution in [1.29, 1.82) is 0 Å². The van der Waals surface area contributed by atoms with Crippen molar-refractivity contribution in [3.63, 3.8) is 0 Å². The molecule has 0 aliphatic heterocycles. The first kappa shape index (κ1) is 9.71. The SMILES string of the molecule is Cn1ncc(Br)c1C1CCCC1Br.